The van der Waals surface area contributed by atoms with Gasteiger partial charge in [-0.05, 0) is 24.3 Å². The smallest absolute Gasteiger partial charge is 0.214 e. The SMILES string of the molecule is COc1ccc(-c2cc(Cl)ccc2Cl)c(Cl)n1. The number of ether oxygens (including phenoxy) is 1. The molecule has 0 unspecified atom stereocenters. The van der Waals surface area contributed by atoms with Crippen LogP contribution in [0, 0.1) is 0 Å². The third kappa shape index (κ3) is 2.65. The lowest BCUT2D eigenvalue weighted by atomic mass is 10.1. The van der Waals surface area contributed by atoms with Gasteiger partial charge in [-0.2, -0.15) is 0 Å². The molecule has 2 aromatic rings. The highest BCUT2D eigenvalue weighted by atomic mass is 35.5. The summed E-state index contributed by atoms with van der Waals surface area (Å²) in [6.45, 7) is 0. The first-order chi connectivity index (χ1) is 8.11. The molecule has 0 radical (unpaired) electrons. The Hall–Kier alpha value is -0.960. The molecule has 0 spiro atoms. The zero-order valence-electron chi connectivity index (χ0n) is 8.88. The molecule has 0 amide bonds. The van der Waals surface area contributed by atoms with Crippen LogP contribution in [0.3, 0.4) is 0 Å². The van der Waals surface area contributed by atoms with Crippen LogP contribution in [-0.2, 0) is 0 Å². The maximum absolute atomic E-state index is 6.10. The van der Waals surface area contributed by atoms with E-state index in [2.05, 4.69) is 4.98 Å². The van der Waals surface area contributed by atoms with Gasteiger partial charge >= 0.3 is 0 Å². The first-order valence-corrected chi connectivity index (χ1v) is 5.91. The molecule has 0 aliphatic carbocycles. The van der Waals surface area contributed by atoms with Crippen molar-refractivity contribution >= 4 is 34.8 Å². The molecule has 5 heteroatoms. The van der Waals surface area contributed by atoms with Crippen molar-refractivity contribution in [2.75, 3.05) is 7.11 Å². The molecule has 1 aromatic heterocycles. The summed E-state index contributed by atoms with van der Waals surface area (Å²) in [5, 5.41) is 1.49. The molecule has 0 saturated carbocycles. The van der Waals surface area contributed by atoms with E-state index < -0.39 is 0 Å². The van der Waals surface area contributed by atoms with E-state index >= 15 is 0 Å². The molecular weight excluding hydrogens is 280 g/mol. The molecular formula is C12H8Cl3NO. The third-order valence-corrected chi connectivity index (χ3v) is 3.10. The monoisotopic (exact) mass is 287 g/mol. The van der Waals surface area contributed by atoms with Crippen molar-refractivity contribution in [1.82, 2.24) is 4.98 Å². The highest BCUT2D eigenvalue weighted by Gasteiger charge is 2.10. The van der Waals surface area contributed by atoms with Crippen LogP contribution in [-0.4, -0.2) is 12.1 Å². The van der Waals surface area contributed by atoms with Gasteiger partial charge in [0, 0.05) is 27.2 Å². The Bertz CT molecular complexity index is 557. The van der Waals surface area contributed by atoms with Gasteiger partial charge in [0.1, 0.15) is 5.15 Å². The summed E-state index contributed by atoms with van der Waals surface area (Å²) in [6.07, 6.45) is 0. The molecule has 0 aliphatic heterocycles. The molecule has 17 heavy (non-hydrogen) atoms. The van der Waals surface area contributed by atoms with Gasteiger partial charge in [-0.25, -0.2) is 4.98 Å². The second-order valence-electron chi connectivity index (χ2n) is 3.32. The fourth-order valence-corrected chi connectivity index (χ4v) is 2.08. The lowest BCUT2D eigenvalue weighted by Crippen LogP contribution is -1.90. The lowest BCUT2D eigenvalue weighted by molar-refractivity contribution is 0.398. The zero-order chi connectivity index (χ0) is 12.4. The molecule has 0 atom stereocenters. The molecule has 0 saturated heterocycles. The van der Waals surface area contributed by atoms with Crippen LogP contribution in [0.1, 0.15) is 0 Å². The topological polar surface area (TPSA) is 22.1 Å². The molecule has 0 N–H and O–H groups in total. The number of nitrogens with zero attached hydrogens (tertiary/aromatic N) is 1. The Morgan fingerprint density at radius 2 is 1.76 bits per heavy atom. The molecule has 1 aromatic carbocycles. The van der Waals surface area contributed by atoms with Gasteiger partial charge in [-0.1, -0.05) is 34.8 Å². The Labute approximate surface area is 114 Å². The quantitative estimate of drug-likeness (QED) is 0.746. The van der Waals surface area contributed by atoms with Crippen molar-refractivity contribution in [2.45, 2.75) is 0 Å². The summed E-state index contributed by atoms with van der Waals surface area (Å²) in [5.41, 5.74) is 1.47. The fraction of sp³-hybridized carbons (Fsp3) is 0.0833. The number of halogens is 3. The van der Waals surface area contributed by atoms with Crippen LogP contribution in [0.25, 0.3) is 11.1 Å². The first kappa shape index (κ1) is 12.5. The minimum absolute atomic E-state index is 0.327. The Morgan fingerprint density at radius 1 is 1.00 bits per heavy atom. The summed E-state index contributed by atoms with van der Waals surface area (Å²) >= 11 is 18.1. The highest BCUT2D eigenvalue weighted by Crippen LogP contribution is 2.35. The predicted molar refractivity (Wildman–Crippen MR) is 71.3 cm³/mol. The molecule has 0 fully saturated rings. The van der Waals surface area contributed by atoms with E-state index in [9.17, 15) is 0 Å². The van der Waals surface area contributed by atoms with E-state index in [0.29, 0.717) is 21.1 Å². The minimum atomic E-state index is 0.327. The normalized spacial score (nSPS) is 10.4. The van der Waals surface area contributed by atoms with Crippen molar-refractivity contribution in [2.24, 2.45) is 0 Å². The summed E-state index contributed by atoms with van der Waals surface area (Å²) in [7, 11) is 1.53. The Kier molecular flexibility index (Phi) is 3.77. The highest BCUT2D eigenvalue weighted by molar-refractivity contribution is 6.37. The number of aromatic nitrogens is 1. The minimum Gasteiger partial charge on any atom is -0.481 e. The third-order valence-electron chi connectivity index (χ3n) is 2.25. The average molecular weight is 289 g/mol. The van der Waals surface area contributed by atoms with Crippen molar-refractivity contribution in [3.63, 3.8) is 0 Å². The summed E-state index contributed by atoms with van der Waals surface area (Å²) in [6, 6.07) is 8.71. The van der Waals surface area contributed by atoms with Crippen molar-refractivity contribution in [3.8, 4) is 17.0 Å². The predicted octanol–water partition coefficient (Wildman–Crippen LogP) is 4.72. The molecule has 0 bridgehead atoms. The van der Waals surface area contributed by atoms with Crippen LogP contribution in [0.4, 0.5) is 0 Å². The molecule has 0 aliphatic rings. The standard InChI is InChI=1S/C12H8Cl3NO/c1-17-11-5-3-8(12(15)16-11)9-6-7(13)2-4-10(9)14/h2-6H,1H3. The van der Waals surface area contributed by atoms with Crippen LogP contribution in [0.15, 0.2) is 30.3 Å². The largest absolute Gasteiger partial charge is 0.481 e. The van der Waals surface area contributed by atoms with Gasteiger partial charge in [0.05, 0.1) is 7.11 Å². The average Bonchev–Trinajstić information content (AvgIpc) is 2.32. The number of hydrogen-bond donors (Lipinski definition) is 0. The van der Waals surface area contributed by atoms with E-state index in [0.717, 1.165) is 11.1 Å². The number of methoxy groups -OCH3 is 1. The van der Waals surface area contributed by atoms with E-state index in [1.807, 2.05) is 0 Å². The van der Waals surface area contributed by atoms with Crippen LogP contribution in [0.5, 0.6) is 5.88 Å². The lowest BCUT2D eigenvalue weighted by Gasteiger charge is -2.08. The van der Waals surface area contributed by atoms with Gasteiger partial charge in [-0.15, -0.1) is 0 Å². The second kappa shape index (κ2) is 5.13. The summed E-state index contributed by atoms with van der Waals surface area (Å²) in [5.74, 6) is 0.455. The van der Waals surface area contributed by atoms with E-state index in [-0.39, 0.29) is 0 Å². The maximum atomic E-state index is 6.10. The maximum Gasteiger partial charge on any atom is 0.214 e. The number of pyridine rings is 1. The summed E-state index contributed by atoms with van der Waals surface area (Å²) < 4.78 is 4.99. The van der Waals surface area contributed by atoms with Gasteiger partial charge in [0.15, 0.2) is 0 Å². The van der Waals surface area contributed by atoms with Gasteiger partial charge in [-0.3, -0.25) is 0 Å². The second-order valence-corrected chi connectivity index (χ2v) is 4.52. The zero-order valence-corrected chi connectivity index (χ0v) is 11.1. The van der Waals surface area contributed by atoms with Crippen molar-refractivity contribution < 1.29 is 4.74 Å². The van der Waals surface area contributed by atoms with E-state index in [1.165, 1.54) is 7.11 Å². The van der Waals surface area contributed by atoms with Gasteiger partial charge in [0.2, 0.25) is 5.88 Å². The molecule has 2 rings (SSSR count). The number of benzene rings is 1. The Morgan fingerprint density at radius 3 is 2.41 bits per heavy atom. The molecule has 1 heterocycles. The van der Waals surface area contributed by atoms with Crippen LogP contribution < -0.4 is 4.74 Å². The number of hydrogen-bond acceptors (Lipinski definition) is 2. The van der Waals surface area contributed by atoms with Crippen LogP contribution >= 0.6 is 34.8 Å². The number of rotatable bonds is 2. The van der Waals surface area contributed by atoms with E-state index in [1.54, 1.807) is 30.3 Å². The molecule has 2 nitrogen and oxygen atoms in total. The van der Waals surface area contributed by atoms with Crippen LogP contribution in [0.2, 0.25) is 15.2 Å². The van der Waals surface area contributed by atoms with Gasteiger partial charge < -0.3 is 4.74 Å². The fourth-order valence-electron chi connectivity index (χ4n) is 1.44. The van der Waals surface area contributed by atoms with Crippen molar-refractivity contribution in [1.29, 1.82) is 0 Å². The summed E-state index contributed by atoms with van der Waals surface area (Å²) in [4.78, 5) is 4.08. The van der Waals surface area contributed by atoms with Gasteiger partial charge in [0.25, 0.3) is 0 Å². The van der Waals surface area contributed by atoms with Crippen molar-refractivity contribution in [3.05, 3.63) is 45.5 Å². The molecule has 88 valence electrons. The Balaban J connectivity index is 2.56. The first-order valence-electron chi connectivity index (χ1n) is 4.78. The van der Waals surface area contributed by atoms with E-state index in [4.69, 9.17) is 39.5 Å².